The van der Waals surface area contributed by atoms with E-state index in [1.807, 2.05) is 30.3 Å². The molecule has 1 saturated heterocycles. The molecule has 1 aliphatic heterocycles. The van der Waals surface area contributed by atoms with Gasteiger partial charge in [-0.3, -0.25) is 19.8 Å². The van der Waals surface area contributed by atoms with Gasteiger partial charge in [0.25, 0.3) is 11.8 Å². The second-order valence-corrected chi connectivity index (χ2v) is 7.60. The molecule has 1 N–H and O–H groups in total. The van der Waals surface area contributed by atoms with E-state index < -0.39 is 11.8 Å². The van der Waals surface area contributed by atoms with Gasteiger partial charge in [0.05, 0.1) is 5.69 Å². The Morgan fingerprint density at radius 2 is 1.71 bits per heavy atom. The zero-order valence-corrected chi connectivity index (χ0v) is 17.8. The van der Waals surface area contributed by atoms with Gasteiger partial charge in [-0.1, -0.05) is 54.1 Å². The predicted molar refractivity (Wildman–Crippen MR) is 125 cm³/mol. The van der Waals surface area contributed by atoms with Crippen molar-refractivity contribution in [2.75, 3.05) is 4.90 Å². The monoisotopic (exact) mass is 448 g/mol. The molecule has 4 rings (SSSR count). The van der Waals surface area contributed by atoms with E-state index in [9.17, 15) is 9.59 Å². The third-order valence-corrected chi connectivity index (χ3v) is 5.12. The number of nitrogens with zero attached hydrogens (tertiary/aromatic N) is 1. The number of ether oxygens (including phenoxy) is 1. The van der Waals surface area contributed by atoms with Crippen LogP contribution in [0, 0.1) is 0 Å². The quantitative estimate of drug-likeness (QED) is 0.347. The number of rotatable bonds is 5. The largest absolute Gasteiger partial charge is 0.489 e. The van der Waals surface area contributed by atoms with E-state index in [1.54, 1.807) is 48.5 Å². The van der Waals surface area contributed by atoms with Crippen LogP contribution >= 0.6 is 23.8 Å². The van der Waals surface area contributed by atoms with Gasteiger partial charge in [0.1, 0.15) is 17.9 Å². The standard InChI is InChI=1S/C24H17ClN2O3S/c25-18-6-4-5-17(13-18)15-30-20-11-9-16(10-12-20)14-21-22(28)26-24(31)27(23(21)29)19-7-2-1-3-8-19/h1-14H,15H2,(H,26,28,31)/b21-14-. The summed E-state index contributed by atoms with van der Waals surface area (Å²) in [4.78, 5) is 26.7. The van der Waals surface area contributed by atoms with Crippen LogP contribution in [-0.2, 0) is 16.2 Å². The minimum absolute atomic E-state index is 0.00467. The van der Waals surface area contributed by atoms with Gasteiger partial charge in [-0.05, 0) is 65.8 Å². The number of halogens is 1. The summed E-state index contributed by atoms with van der Waals surface area (Å²) < 4.78 is 5.77. The molecule has 0 atom stereocenters. The van der Waals surface area contributed by atoms with E-state index in [0.717, 1.165) is 5.56 Å². The summed E-state index contributed by atoms with van der Waals surface area (Å²) in [5.74, 6) is -0.335. The smallest absolute Gasteiger partial charge is 0.270 e. The molecule has 1 fully saturated rings. The Hall–Kier alpha value is -3.48. The molecule has 0 unspecified atom stereocenters. The van der Waals surface area contributed by atoms with Gasteiger partial charge in [0, 0.05) is 5.02 Å². The van der Waals surface area contributed by atoms with Crippen molar-refractivity contribution in [3.05, 3.63) is 101 Å². The number of anilines is 1. The van der Waals surface area contributed by atoms with Crippen LogP contribution in [0.25, 0.3) is 6.08 Å². The molecule has 154 valence electrons. The molecule has 2 amide bonds. The number of hydrogen-bond acceptors (Lipinski definition) is 4. The van der Waals surface area contributed by atoms with Gasteiger partial charge < -0.3 is 4.74 Å². The van der Waals surface area contributed by atoms with Crippen LogP contribution in [0.15, 0.2) is 84.4 Å². The molecular weight excluding hydrogens is 432 g/mol. The second kappa shape index (κ2) is 9.12. The highest BCUT2D eigenvalue weighted by molar-refractivity contribution is 7.80. The van der Waals surface area contributed by atoms with Crippen molar-refractivity contribution < 1.29 is 14.3 Å². The van der Waals surface area contributed by atoms with Crippen LogP contribution in [0.5, 0.6) is 5.75 Å². The molecule has 5 nitrogen and oxygen atoms in total. The summed E-state index contributed by atoms with van der Waals surface area (Å²) in [5.41, 5.74) is 2.24. The maximum Gasteiger partial charge on any atom is 0.270 e. The molecule has 1 aliphatic rings. The normalized spacial score (nSPS) is 15.2. The van der Waals surface area contributed by atoms with Crippen molar-refractivity contribution in [2.45, 2.75) is 6.61 Å². The fraction of sp³-hybridized carbons (Fsp3) is 0.0417. The van der Waals surface area contributed by atoms with E-state index in [2.05, 4.69) is 5.32 Å². The molecule has 0 radical (unpaired) electrons. The molecule has 3 aromatic rings. The lowest BCUT2D eigenvalue weighted by Gasteiger charge is -2.28. The number of thiocarbonyl (C=S) groups is 1. The maximum absolute atomic E-state index is 13.0. The molecular formula is C24H17ClN2O3S. The van der Waals surface area contributed by atoms with E-state index >= 15 is 0 Å². The molecule has 0 aliphatic carbocycles. The van der Waals surface area contributed by atoms with Crippen molar-refractivity contribution in [3.63, 3.8) is 0 Å². The SMILES string of the molecule is O=C1NC(=S)N(c2ccccc2)C(=O)/C1=C\c1ccc(OCc2cccc(Cl)c2)cc1. The first-order valence-electron chi connectivity index (χ1n) is 9.45. The lowest BCUT2D eigenvalue weighted by Crippen LogP contribution is -2.54. The van der Waals surface area contributed by atoms with Crippen LogP contribution < -0.4 is 15.0 Å². The lowest BCUT2D eigenvalue weighted by molar-refractivity contribution is -0.122. The molecule has 1 heterocycles. The highest BCUT2D eigenvalue weighted by Crippen LogP contribution is 2.23. The maximum atomic E-state index is 13.0. The zero-order chi connectivity index (χ0) is 21.8. The van der Waals surface area contributed by atoms with Crippen LogP contribution in [0.1, 0.15) is 11.1 Å². The Labute approximate surface area is 189 Å². The van der Waals surface area contributed by atoms with Gasteiger partial charge in [0.2, 0.25) is 0 Å². The van der Waals surface area contributed by atoms with Gasteiger partial charge in [0.15, 0.2) is 5.11 Å². The molecule has 7 heteroatoms. The van der Waals surface area contributed by atoms with Crippen molar-refractivity contribution in [2.24, 2.45) is 0 Å². The number of nitrogens with one attached hydrogen (secondary N) is 1. The van der Waals surface area contributed by atoms with Crippen molar-refractivity contribution in [1.29, 1.82) is 0 Å². The average Bonchev–Trinajstić information content (AvgIpc) is 2.77. The van der Waals surface area contributed by atoms with E-state index in [-0.39, 0.29) is 10.7 Å². The summed E-state index contributed by atoms with van der Waals surface area (Å²) in [7, 11) is 0. The molecule has 3 aromatic carbocycles. The molecule has 0 bridgehead atoms. The lowest BCUT2D eigenvalue weighted by atomic mass is 10.1. The Bertz CT molecular complexity index is 1180. The fourth-order valence-electron chi connectivity index (χ4n) is 3.09. The van der Waals surface area contributed by atoms with Crippen molar-refractivity contribution in [1.82, 2.24) is 5.32 Å². The number of para-hydroxylation sites is 1. The summed E-state index contributed by atoms with van der Waals surface area (Å²) in [6.45, 7) is 0.380. The van der Waals surface area contributed by atoms with Crippen LogP contribution in [-0.4, -0.2) is 16.9 Å². The predicted octanol–water partition coefficient (Wildman–Crippen LogP) is 4.75. The summed E-state index contributed by atoms with van der Waals surface area (Å²) in [6.07, 6.45) is 1.54. The van der Waals surface area contributed by atoms with Gasteiger partial charge in [-0.2, -0.15) is 0 Å². The first-order chi connectivity index (χ1) is 15.0. The van der Waals surface area contributed by atoms with Crippen LogP contribution in [0.4, 0.5) is 5.69 Å². The third-order valence-electron chi connectivity index (χ3n) is 4.60. The Morgan fingerprint density at radius 1 is 0.968 bits per heavy atom. The summed E-state index contributed by atoms with van der Waals surface area (Å²) in [6, 6.07) is 23.5. The Balaban J connectivity index is 1.51. The number of carbonyl (C=O) groups excluding carboxylic acids is 2. The first-order valence-corrected chi connectivity index (χ1v) is 10.2. The van der Waals surface area contributed by atoms with Gasteiger partial charge in [-0.15, -0.1) is 0 Å². The second-order valence-electron chi connectivity index (χ2n) is 6.78. The van der Waals surface area contributed by atoms with Crippen LogP contribution in [0.2, 0.25) is 5.02 Å². The zero-order valence-electron chi connectivity index (χ0n) is 16.2. The topological polar surface area (TPSA) is 58.6 Å². The first kappa shape index (κ1) is 20.8. The highest BCUT2D eigenvalue weighted by Gasteiger charge is 2.34. The molecule has 0 saturated carbocycles. The number of amides is 2. The molecule has 0 spiro atoms. The number of hydrogen-bond donors (Lipinski definition) is 1. The van der Waals surface area contributed by atoms with E-state index in [4.69, 9.17) is 28.6 Å². The van der Waals surface area contributed by atoms with E-state index in [1.165, 1.54) is 11.0 Å². The number of carbonyl (C=O) groups is 2. The highest BCUT2D eigenvalue weighted by atomic mass is 35.5. The Kier molecular flexibility index (Phi) is 6.11. The third kappa shape index (κ3) is 4.82. The van der Waals surface area contributed by atoms with Crippen molar-refractivity contribution in [3.8, 4) is 5.75 Å². The Morgan fingerprint density at radius 3 is 2.42 bits per heavy atom. The van der Waals surface area contributed by atoms with Gasteiger partial charge in [-0.25, -0.2) is 0 Å². The molecule has 0 aromatic heterocycles. The number of benzene rings is 3. The minimum atomic E-state index is -0.525. The summed E-state index contributed by atoms with van der Waals surface area (Å²) in [5, 5.41) is 3.29. The van der Waals surface area contributed by atoms with Crippen LogP contribution in [0.3, 0.4) is 0 Å². The van der Waals surface area contributed by atoms with Crippen molar-refractivity contribution >= 4 is 52.5 Å². The van der Waals surface area contributed by atoms with E-state index in [0.29, 0.717) is 28.6 Å². The fourth-order valence-corrected chi connectivity index (χ4v) is 3.58. The molecule has 31 heavy (non-hydrogen) atoms. The summed E-state index contributed by atoms with van der Waals surface area (Å²) >= 11 is 11.2. The average molecular weight is 449 g/mol. The minimum Gasteiger partial charge on any atom is -0.489 e. The van der Waals surface area contributed by atoms with Gasteiger partial charge >= 0.3 is 0 Å².